The molecule has 1 aromatic rings. The van der Waals surface area contributed by atoms with Crippen molar-refractivity contribution in [3.05, 3.63) is 23.8 Å². The minimum Gasteiger partial charge on any atom is -0.398 e. The SMILES string of the molecule is CC(C)(O)CN1CCN(c2ccc(C#N)c(N)c2)CC1. The molecule has 0 atom stereocenters. The van der Waals surface area contributed by atoms with Crippen molar-refractivity contribution in [1.29, 1.82) is 5.26 Å². The minimum absolute atomic E-state index is 0.523. The van der Waals surface area contributed by atoms with Gasteiger partial charge >= 0.3 is 0 Å². The molecule has 5 nitrogen and oxygen atoms in total. The van der Waals surface area contributed by atoms with E-state index < -0.39 is 5.60 Å². The van der Waals surface area contributed by atoms with Crippen LogP contribution in [-0.2, 0) is 0 Å². The van der Waals surface area contributed by atoms with Gasteiger partial charge < -0.3 is 15.7 Å². The molecule has 0 saturated carbocycles. The molecule has 0 spiro atoms. The molecule has 1 aliphatic heterocycles. The Morgan fingerprint density at radius 1 is 1.30 bits per heavy atom. The summed E-state index contributed by atoms with van der Waals surface area (Å²) in [5.41, 5.74) is 7.32. The summed E-state index contributed by atoms with van der Waals surface area (Å²) < 4.78 is 0. The van der Waals surface area contributed by atoms with Crippen molar-refractivity contribution < 1.29 is 5.11 Å². The van der Waals surface area contributed by atoms with Crippen molar-refractivity contribution in [2.24, 2.45) is 0 Å². The number of nitrogens with two attached hydrogens (primary N) is 1. The number of benzene rings is 1. The lowest BCUT2D eigenvalue weighted by Gasteiger charge is -2.38. The Morgan fingerprint density at radius 2 is 1.95 bits per heavy atom. The van der Waals surface area contributed by atoms with Crippen LogP contribution in [0.25, 0.3) is 0 Å². The normalized spacial score (nSPS) is 17.0. The van der Waals surface area contributed by atoms with E-state index in [0.717, 1.165) is 31.9 Å². The van der Waals surface area contributed by atoms with Gasteiger partial charge in [-0.15, -0.1) is 0 Å². The van der Waals surface area contributed by atoms with Crippen molar-refractivity contribution >= 4 is 11.4 Å². The van der Waals surface area contributed by atoms with Crippen LogP contribution in [0, 0.1) is 11.3 Å². The maximum atomic E-state index is 9.84. The molecule has 2 rings (SSSR count). The maximum Gasteiger partial charge on any atom is 0.101 e. The number of nitrogen functional groups attached to an aromatic ring is 1. The van der Waals surface area contributed by atoms with Crippen molar-refractivity contribution in [2.75, 3.05) is 43.4 Å². The highest BCUT2D eigenvalue weighted by molar-refractivity contribution is 5.63. The molecule has 0 radical (unpaired) electrons. The second kappa shape index (κ2) is 5.70. The zero-order valence-corrected chi connectivity index (χ0v) is 12.1. The first kappa shape index (κ1) is 14.6. The van der Waals surface area contributed by atoms with Crippen molar-refractivity contribution in [3.8, 4) is 6.07 Å². The predicted molar refractivity (Wildman–Crippen MR) is 80.5 cm³/mol. The van der Waals surface area contributed by atoms with E-state index in [1.165, 1.54) is 0 Å². The molecule has 20 heavy (non-hydrogen) atoms. The van der Waals surface area contributed by atoms with Crippen molar-refractivity contribution in [2.45, 2.75) is 19.4 Å². The van der Waals surface area contributed by atoms with Gasteiger partial charge in [0.1, 0.15) is 6.07 Å². The van der Waals surface area contributed by atoms with E-state index in [1.807, 2.05) is 26.0 Å². The number of nitriles is 1. The third-order valence-corrected chi connectivity index (χ3v) is 3.50. The van der Waals surface area contributed by atoms with Gasteiger partial charge in [-0.05, 0) is 32.0 Å². The van der Waals surface area contributed by atoms with E-state index in [0.29, 0.717) is 17.8 Å². The average Bonchev–Trinajstić information content (AvgIpc) is 2.37. The summed E-state index contributed by atoms with van der Waals surface area (Å²) in [5, 5.41) is 18.7. The number of anilines is 2. The average molecular weight is 274 g/mol. The first-order chi connectivity index (χ1) is 9.39. The summed E-state index contributed by atoms with van der Waals surface area (Å²) in [6, 6.07) is 7.66. The Morgan fingerprint density at radius 3 is 2.45 bits per heavy atom. The summed E-state index contributed by atoms with van der Waals surface area (Å²) in [6.45, 7) is 8.01. The van der Waals surface area contributed by atoms with Crippen molar-refractivity contribution in [3.63, 3.8) is 0 Å². The molecule has 3 N–H and O–H groups in total. The topological polar surface area (TPSA) is 76.5 Å². The monoisotopic (exact) mass is 274 g/mol. The maximum absolute atomic E-state index is 9.84. The molecule has 0 bridgehead atoms. The van der Waals surface area contributed by atoms with Crippen LogP contribution in [0.3, 0.4) is 0 Å². The molecule has 1 heterocycles. The van der Waals surface area contributed by atoms with Crippen LogP contribution in [-0.4, -0.2) is 48.3 Å². The number of hydrogen-bond donors (Lipinski definition) is 2. The van der Waals surface area contributed by atoms with E-state index in [4.69, 9.17) is 11.0 Å². The highest BCUT2D eigenvalue weighted by Crippen LogP contribution is 2.22. The molecular formula is C15H22N4O. The lowest BCUT2D eigenvalue weighted by Crippen LogP contribution is -2.50. The van der Waals surface area contributed by atoms with Gasteiger partial charge in [0, 0.05) is 38.4 Å². The van der Waals surface area contributed by atoms with Gasteiger partial charge in [0.2, 0.25) is 0 Å². The third-order valence-electron chi connectivity index (χ3n) is 3.50. The van der Waals surface area contributed by atoms with Gasteiger partial charge in [-0.1, -0.05) is 0 Å². The van der Waals surface area contributed by atoms with E-state index in [9.17, 15) is 5.11 Å². The van der Waals surface area contributed by atoms with Crippen molar-refractivity contribution in [1.82, 2.24) is 4.90 Å². The number of rotatable bonds is 3. The van der Waals surface area contributed by atoms with Crippen LogP contribution in [0.5, 0.6) is 0 Å². The van der Waals surface area contributed by atoms with Gasteiger partial charge in [-0.3, -0.25) is 4.90 Å². The fraction of sp³-hybridized carbons (Fsp3) is 0.533. The number of hydrogen-bond acceptors (Lipinski definition) is 5. The van der Waals surface area contributed by atoms with Crippen LogP contribution < -0.4 is 10.6 Å². The van der Waals surface area contributed by atoms with Crippen LogP contribution in [0.2, 0.25) is 0 Å². The fourth-order valence-corrected chi connectivity index (χ4v) is 2.56. The zero-order valence-electron chi connectivity index (χ0n) is 12.1. The standard InChI is InChI=1S/C15H22N4O/c1-15(2,20)11-18-5-7-19(8-6-18)13-4-3-12(10-16)14(17)9-13/h3-4,9,20H,5-8,11,17H2,1-2H3. The Bertz CT molecular complexity index is 508. The first-order valence-corrected chi connectivity index (χ1v) is 6.88. The summed E-state index contributed by atoms with van der Waals surface area (Å²) in [4.78, 5) is 4.53. The first-order valence-electron chi connectivity index (χ1n) is 6.88. The number of aliphatic hydroxyl groups is 1. The quantitative estimate of drug-likeness (QED) is 0.805. The van der Waals surface area contributed by atoms with Crippen LogP contribution in [0.15, 0.2) is 18.2 Å². The summed E-state index contributed by atoms with van der Waals surface area (Å²) in [7, 11) is 0. The minimum atomic E-state index is -0.652. The summed E-state index contributed by atoms with van der Waals surface area (Å²) >= 11 is 0. The van der Waals surface area contributed by atoms with Gasteiger partial charge in [-0.25, -0.2) is 0 Å². The molecule has 0 aliphatic carbocycles. The molecule has 1 aliphatic rings. The van der Waals surface area contributed by atoms with Crippen LogP contribution in [0.1, 0.15) is 19.4 Å². The molecule has 0 aromatic heterocycles. The highest BCUT2D eigenvalue weighted by atomic mass is 16.3. The van der Waals surface area contributed by atoms with Gasteiger partial charge in [0.15, 0.2) is 0 Å². The predicted octanol–water partition coefficient (Wildman–Crippen LogP) is 1.03. The molecule has 1 fully saturated rings. The summed E-state index contributed by atoms with van der Waals surface area (Å²) in [6.07, 6.45) is 0. The second-order valence-corrected chi connectivity index (χ2v) is 5.96. The number of piperazine rings is 1. The number of nitrogens with zero attached hydrogens (tertiary/aromatic N) is 3. The Balaban J connectivity index is 1.97. The van der Waals surface area contributed by atoms with Gasteiger partial charge in [0.05, 0.1) is 16.9 Å². The lowest BCUT2D eigenvalue weighted by atomic mass is 10.1. The molecule has 108 valence electrons. The van der Waals surface area contributed by atoms with Gasteiger partial charge in [0.25, 0.3) is 0 Å². The number of β-amino-alcohol motifs (C(OH)–C–C–N with tert-alkyl or cyclic N) is 1. The molecule has 1 saturated heterocycles. The second-order valence-electron chi connectivity index (χ2n) is 5.96. The fourth-order valence-electron chi connectivity index (χ4n) is 2.56. The van der Waals surface area contributed by atoms with Crippen LogP contribution in [0.4, 0.5) is 11.4 Å². The Hall–Kier alpha value is -1.77. The van der Waals surface area contributed by atoms with E-state index in [2.05, 4.69) is 15.9 Å². The molecule has 0 unspecified atom stereocenters. The molecule has 1 aromatic carbocycles. The van der Waals surface area contributed by atoms with Crippen LogP contribution >= 0.6 is 0 Å². The largest absolute Gasteiger partial charge is 0.398 e. The smallest absolute Gasteiger partial charge is 0.101 e. The Kier molecular flexibility index (Phi) is 4.17. The van der Waals surface area contributed by atoms with Gasteiger partial charge in [-0.2, -0.15) is 5.26 Å². The Labute approximate surface area is 120 Å². The molecule has 0 amide bonds. The molecular weight excluding hydrogens is 252 g/mol. The lowest BCUT2D eigenvalue weighted by molar-refractivity contribution is 0.0345. The molecule has 5 heteroatoms. The zero-order chi connectivity index (χ0) is 14.8. The van der Waals surface area contributed by atoms with E-state index >= 15 is 0 Å². The van der Waals surface area contributed by atoms with E-state index in [-0.39, 0.29) is 0 Å². The summed E-state index contributed by atoms with van der Waals surface area (Å²) in [5.74, 6) is 0. The van der Waals surface area contributed by atoms with E-state index in [1.54, 1.807) is 6.07 Å². The third kappa shape index (κ3) is 3.62. The highest BCUT2D eigenvalue weighted by Gasteiger charge is 2.22.